The van der Waals surface area contributed by atoms with Crippen LogP contribution in [0.25, 0.3) is 0 Å². The van der Waals surface area contributed by atoms with E-state index in [-0.39, 0.29) is 42.7 Å². The second-order valence-electron chi connectivity index (χ2n) is 17.4. The Morgan fingerprint density at radius 3 is 1.33 bits per heavy atom. The van der Waals surface area contributed by atoms with Crippen LogP contribution in [0.2, 0.25) is 0 Å². The number of ether oxygens (including phenoxy) is 3. The summed E-state index contributed by atoms with van der Waals surface area (Å²) < 4.78 is 17.2. The van der Waals surface area contributed by atoms with E-state index in [1.54, 1.807) is 21.1 Å². The minimum atomic E-state index is -1.12. The smallest absolute Gasteiger partial charge is 0.306 e. The Hall–Kier alpha value is -2.19. The molecule has 0 aliphatic carbocycles. The lowest BCUT2D eigenvalue weighted by Crippen LogP contribution is -2.55. The zero-order valence-corrected chi connectivity index (χ0v) is 38.0. The van der Waals surface area contributed by atoms with Crippen LogP contribution in [0.5, 0.6) is 0 Å². The lowest BCUT2D eigenvalue weighted by Gasteiger charge is -2.34. The second-order valence-corrected chi connectivity index (χ2v) is 17.4. The molecule has 0 aromatic heterocycles. The van der Waals surface area contributed by atoms with Crippen molar-refractivity contribution in [1.82, 2.24) is 0 Å². The predicted octanol–water partition coefficient (Wildman–Crippen LogP) is 11.9. The third kappa shape index (κ3) is 39.1. The summed E-state index contributed by atoms with van der Waals surface area (Å²) in [6, 6.07) is -0.723. The number of allylic oxidation sites excluding steroid dienone is 4. The fourth-order valence-corrected chi connectivity index (χ4v) is 7.12. The summed E-state index contributed by atoms with van der Waals surface area (Å²) in [5.41, 5.74) is 0. The molecule has 0 bridgehead atoms. The molecule has 2 unspecified atom stereocenters. The average molecular weight is 806 g/mol. The summed E-state index contributed by atoms with van der Waals surface area (Å²) in [6.45, 7) is 4.66. The average Bonchev–Trinajstić information content (AvgIpc) is 3.17. The summed E-state index contributed by atoms with van der Waals surface area (Å²) in [4.78, 5) is 36.9. The Morgan fingerprint density at radius 2 is 0.912 bits per heavy atom. The third-order valence-corrected chi connectivity index (χ3v) is 10.9. The van der Waals surface area contributed by atoms with Gasteiger partial charge in [0, 0.05) is 19.3 Å². The molecule has 0 spiro atoms. The number of likely N-dealkylation sites (N-methyl/N-ethyl adjacent to an activating group) is 1. The molecule has 0 aromatic carbocycles. The van der Waals surface area contributed by atoms with Crippen LogP contribution >= 0.6 is 0 Å². The van der Waals surface area contributed by atoms with Crippen molar-refractivity contribution < 1.29 is 38.2 Å². The van der Waals surface area contributed by atoms with Crippen LogP contribution in [-0.2, 0) is 28.6 Å². The molecule has 0 heterocycles. The zero-order chi connectivity index (χ0) is 42.1. The maximum Gasteiger partial charge on any atom is 0.306 e. The summed E-state index contributed by atoms with van der Waals surface area (Å²) in [5, 5.41) is 11.6. The fraction of sp³-hybridized carbons (Fsp3) is 0.857. The molecule has 0 saturated carbocycles. The Morgan fingerprint density at radius 1 is 0.526 bits per heavy atom. The van der Waals surface area contributed by atoms with E-state index in [1.807, 2.05) is 0 Å². The van der Waals surface area contributed by atoms with Gasteiger partial charge in [-0.1, -0.05) is 186 Å². The fourth-order valence-electron chi connectivity index (χ4n) is 7.12. The van der Waals surface area contributed by atoms with Crippen molar-refractivity contribution in [3.8, 4) is 0 Å². The van der Waals surface area contributed by atoms with Gasteiger partial charge in [0.2, 0.25) is 0 Å². The number of hydrogen-bond donors (Lipinski definition) is 0. The number of rotatable bonds is 43. The van der Waals surface area contributed by atoms with Crippen LogP contribution < -0.4 is 5.11 Å². The highest BCUT2D eigenvalue weighted by atomic mass is 16.6. The van der Waals surface area contributed by atoms with E-state index in [4.69, 9.17) is 14.2 Å². The minimum Gasteiger partial charge on any atom is -0.544 e. The first-order valence-corrected chi connectivity index (χ1v) is 23.9. The highest BCUT2D eigenvalue weighted by molar-refractivity contribution is 5.70. The quantitative estimate of drug-likeness (QED) is 0.0262. The number of nitrogens with zero attached hydrogens (tertiary/aromatic N) is 1. The standard InChI is InChI=1S/C49H91NO7/c1-6-8-10-12-14-16-18-20-21-22-23-24-25-26-28-29-31-33-35-37-39-47(51)56-44-45(43-55-42-41-46(49(53)54)50(3,4)5)57-48(52)40-38-36-34-32-30-27-19-17-15-13-11-9-7-2/h16,18,20-21,45-46H,6-15,17,19,22-44H2,1-5H3/b18-16+,21-20+. The van der Waals surface area contributed by atoms with E-state index >= 15 is 0 Å². The molecule has 8 heteroatoms. The molecule has 8 nitrogen and oxygen atoms in total. The number of carbonyl (C=O) groups is 3. The minimum absolute atomic E-state index is 0.0441. The molecular formula is C49H91NO7. The molecule has 0 aromatic rings. The predicted molar refractivity (Wildman–Crippen MR) is 236 cm³/mol. The van der Waals surface area contributed by atoms with Gasteiger partial charge in [-0.2, -0.15) is 0 Å². The molecule has 0 N–H and O–H groups in total. The first-order valence-electron chi connectivity index (χ1n) is 23.9. The molecule has 0 fully saturated rings. The van der Waals surface area contributed by atoms with Gasteiger partial charge in [0.05, 0.1) is 40.3 Å². The van der Waals surface area contributed by atoms with Crippen molar-refractivity contribution in [2.45, 2.75) is 231 Å². The number of unbranched alkanes of at least 4 members (excludes halogenated alkanes) is 26. The van der Waals surface area contributed by atoms with E-state index in [2.05, 4.69) is 38.2 Å². The van der Waals surface area contributed by atoms with Gasteiger partial charge in [0.1, 0.15) is 12.6 Å². The van der Waals surface area contributed by atoms with Gasteiger partial charge in [-0.25, -0.2) is 0 Å². The monoisotopic (exact) mass is 806 g/mol. The summed E-state index contributed by atoms with van der Waals surface area (Å²) >= 11 is 0. The van der Waals surface area contributed by atoms with Crippen molar-refractivity contribution in [2.24, 2.45) is 0 Å². The molecule has 0 aliphatic rings. The van der Waals surface area contributed by atoms with Gasteiger partial charge < -0.3 is 28.6 Å². The molecule has 57 heavy (non-hydrogen) atoms. The van der Waals surface area contributed by atoms with Gasteiger partial charge in [-0.05, 0) is 38.5 Å². The van der Waals surface area contributed by atoms with E-state index in [0.717, 1.165) is 38.5 Å². The van der Waals surface area contributed by atoms with Crippen LogP contribution in [-0.4, -0.2) is 75.5 Å². The number of carboxylic acids is 1. The molecule has 0 rings (SSSR count). The van der Waals surface area contributed by atoms with Gasteiger partial charge in [0.15, 0.2) is 6.10 Å². The lowest BCUT2D eigenvalue weighted by atomic mass is 10.0. The molecular weight excluding hydrogens is 715 g/mol. The van der Waals surface area contributed by atoms with Gasteiger partial charge in [-0.3, -0.25) is 9.59 Å². The van der Waals surface area contributed by atoms with Gasteiger partial charge >= 0.3 is 11.9 Å². The first kappa shape index (κ1) is 54.8. The van der Waals surface area contributed by atoms with Gasteiger partial charge in [0.25, 0.3) is 0 Å². The highest BCUT2D eigenvalue weighted by Crippen LogP contribution is 2.15. The number of hydrogen-bond acceptors (Lipinski definition) is 7. The van der Waals surface area contributed by atoms with E-state index in [0.29, 0.717) is 12.8 Å². The van der Waals surface area contributed by atoms with E-state index in [1.165, 1.54) is 148 Å². The molecule has 2 atom stereocenters. The first-order chi connectivity index (χ1) is 27.6. The Labute approximate surface area is 351 Å². The number of aliphatic carboxylic acids is 1. The Balaban J connectivity index is 4.24. The molecule has 0 radical (unpaired) electrons. The SMILES string of the molecule is CCCCCC/C=C/C=C/CCCCCCCCCCCCC(=O)OCC(COCCC(C(=O)[O-])[N+](C)(C)C)OC(=O)CCCCCCCCCCCCCCC. The van der Waals surface area contributed by atoms with Crippen molar-refractivity contribution in [2.75, 3.05) is 41.0 Å². The summed E-state index contributed by atoms with van der Waals surface area (Å²) in [5.74, 6) is -1.73. The maximum absolute atomic E-state index is 12.7. The topological polar surface area (TPSA) is 102 Å². The summed E-state index contributed by atoms with van der Waals surface area (Å²) in [6.07, 6.45) is 44.8. The number of quaternary nitrogens is 1. The van der Waals surface area contributed by atoms with Crippen molar-refractivity contribution in [3.05, 3.63) is 24.3 Å². The van der Waals surface area contributed by atoms with E-state index < -0.39 is 18.1 Å². The molecule has 0 aliphatic heterocycles. The lowest BCUT2D eigenvalue weighted by molar-refractivity contribution is -0.889. The molecule has 0 amide bonds. The second kappa shape index (κ2) is 40.6. The van der Waals surface area contributed by atoms with Crippen molar-refractivity contribution in [1.29, 1.82) is 0 Å². The largest absolute Gasteiger partial charge is 0.544 e. The third-order valence-electron chi connectivity index (χ3n) is 10.9. The van der Waals surface area contributed by atoms with Crippen LogP contribution in [0.15, 0.2) is 24.3 Å². The van der Waals surface area contributed by atoms with Crippen LogP contribution in [0.1, 0.15) is 219 Å². The zero-order valence-electron chi connectivity index (χ0n) is 38.0. The molecule has 0 saturated heterocycles. The Bertz CT molecular complexity index is 989. The molecule has 334 valence electrons. The van der Waals surface area contributed by atoms with Crippen LogP contribution in [0.3, 0.4) is 0 Å². The van der Waals surface area contributed by atoms with Crippen molar-refractivity contribution >= 4 is 17.9 Å². The number of carboxylic acid groups (broad SMARTS) is 1. The normalized spacial score (nSPS) is 13.1. The van der Waals surface area contributed by atoms with E-state index in [9.17, 15) is 19.5 Å². The van der Waals surface area contributed by atoms with Crippen molar-refractivity contribution in [3.63, 3.8) is 0 Å². The number of esters is 2. The summed E-state index contributed by atoms with van der Waals surface area (Å²) in [7, 11) is 5.41. The van der Waals surface area contributed by atoms with Crippen LogP contribution in [0, 0.1) is 0 Å². The number of carbonyl (C=O) groups excluding carboxylic acids is 3. The van der Waals surface area contributed by atoms with Gasteiger partial charge in [-0.15, -0.1) is 0 Å². The Kier molecular flexibility index (Phi) is 39.0. The maximum atomic E-state index is 12.7. The highest BCUT2D eigenvalue weighted by Gasteiger charge is 2.25. The van der Waals surface area contributed by atoms with Crippen LogP contribution in [0.4, 0.5) is 0 Å².